The van der Waals surface area contributed by atoms with Gasteiger partial charge in [0.2, 0.25) is 11.8 Å². The lowest BCUT2D eigenvalue weighted by Gasteiger charge is -2.33. The molecule has 0 radical (unpaired) electrons. The van der Waals surface area contributed by atoms with Gasteiger partial charge < -0.3 is 10.2 Å². The molecule has 4 rings (SSSR count). The molecule has 31 heavy (non-hydrogen) atoms. The van der Waals surface area contributed by atoms with Gasteiger partial charge in [0.1, 0.15) is 5.82 Å². The summed E-state index contributed by atoms with van der Waals surface area (Å²) in [5.41, 5.74) is 1.30. The number of thioether (sulfide) groups is 1. The van der Waals surface area contributed by atoms with Gasteiger partial charge in [-0.3, -0.25) is 14.3 Å². The molecule has 2 amide bonds. The first-order valence-corrected chi connectivity index (χ1v) is 12.4. The summed E-state index contributed by atoms with van der Waals surface area (Å²) >= 11 is 1.16. The number of fused-ring (bicyclic) bond motifs is 1. The Morgan fingerprint density at radius 2 is 1.97 bits per heavy atom. The predicted molar refractivity (Wildman–Crippen MR) is 119 cm³/mol. The van der Waals surface area contributed by atoms with Crippen molar-refractivity contribution in [2.45, 2.75) is 41.7 Å². The molecule has 2 aliphatic heterocycles. The first kappa shape index (κ1) is 21.6. The van der Waals surface area contributed by atoms with Crippen LogP contribution in [0.25, 0.3) is 0 Å². The second-order valence-corrected chi connectivity index (χ2v) is 10.8. The SMILES string of the molecule is Cc1ccc(NS(=O)(=O)c2ccc3c(c2)NC(=O)[C@H](C(=O)N2CCC(C)CC2)S3)nc1. The Labute approximate surface area is 185 Å². The Balaban J connectivity index is 1.51. The van der Waals surface area contributed by atoms with E-state index in [2.05, 4.69) is 21.9 Å². The van der Waals surface area contributed by atoms with Gasteiger partial charge in [-0.1, -0.05) is 13.0 Å². The van der Waals surface area contributed by atoms with Crippen LogP contribution in [0.15, 0.2) is 46.3 Å². The lowest BCUT2D eigenvalue weighted by Crippen LogP contribution is -2.47. The van der Waals surface area contributed by atoms with E-state index in [0.717, 1.165) is 30.2 Å². The number of benzene rings is 1. The van der Waals surface area contributed by atoms with Crippen LogP contribution in [-0.2, 0) is 19.6 Å². The summed E-state index contributed by atoms with van der Waals surface area (Å²) in [5, 5.41) is 1.84. The highest BCUT2D eigenvalue weighted by Crippen LogP contribution is 2.38. The van der Waals surface area contributed by atoms with Gasteiger partial charge in [-0.05, 0) is 55.5 Å². The molecule has 0 saturated carbocycles. The summed E-state index contributed by atoms with van der Waals surface area (Å²) < 4.78 is 27.9. The summed E-state index contributed by atoms with van der Waals surface area (Å²) in [7, 11) is -3.88. The quantitative estimate of drug-likeness (QED) is 0.679. The number of likely N-dealkylation sites (tertiary alicyclic amines) is 1. The number of sulfonamides is 1. The van der Waals surface area contributed by atoms with E-state index in [4.69, 9.17) is 0 Å². The lowest BCUT2D eigenvalue weighted by atomic mass is 9.99. The van der Waals surface area contributed by atoms with Gasteiger partial charge in [0.25, 0.3) is 10.0 Å². The van der Waals surface area contributed by atoms with Crippen molar-refractivity contribution < 1.29 is 18.0 Å². The number of piperidine rings is 1. The number of pyridine rings is 1. The summed E-state index contributed by atoms with van der Waals surface area (Å²) in [6.07, 6.45) is 3.44. The third-order valence-electron chi connectivity index (χ3n) is 5.47. The Morgan fingerprint density at radius 3 is 2.65 bits per heavy atom. The number of aromatic nitrogens is 1. The topological polar surface area (TPSA) is 108 Å². The molecule has 0 aliphatic carbocycles. The van der Waals surface area contributed by atoms with Crippen molar-refractivity contribution in [3.63, 3.8) is 0 Å². The fourth-order valence-corrected chi connectivity index (χ4v) is 5.63. The minimum Gasteiger partial charge on any atom is -0.341 e. The zero-order valence-electron chi connectivity index (χ0n) is 17.3. The zero-order chi connectivity index (χ0) is 22.2. The second-order valence-electron chi connectivity index (χ2n) is 7.98. The Kier molecular flexibility index (Phi) is 5.94. The zero-order valence-corrected chi connectivity index (χ0v) is 18.9. The summed E-state index contributed by atoms with van der Waals surface area (Å²) in [4.78, 5) is 32.0. The molecular weight excluding hydrogens is 436 g/mol. The molecule has 1 aromatic heterocycles. The Morgan fingerprint density at radius 1 is 1.23 bits per heavy atom. The molecule has 1 atom stereocenters. The first-order chi connectivity index (χ1) is 14.7. The number of aryl methyl sites for hydroxylation is 1. The van der Waals surface area contributed by atoms with Gasteiger partial charge in [-0.2, -0.15) is 0 Å². The molecule has 0 spiro atoms. The average molecular weight is 461 g/mol. The van der Waals surface area contributed by atoms with E-state index >= 15 is 0 Å². The van der Waals surface area contributed by atoms with Crippen molar-refractivity contribution in [2.75, 3.05) is 23.1 Å². The van der Waals surface area contributed by atoms with Gasteiger partial charge in [0.15, 0.2) is 5.25 Å². The molecule has 1 saturated heterocycles. The van der Waals surface area contributed by atoms with E-state index in [1.165, 1.54) is 12.1 Å². The predicted octanol–water partition coefficient (Wildman–Crippen LogP) is 2.86. The fourth-order valence-electron chi connectivity index (χ4n) is 3.54. The van der Waals surface area contributed by atoms with E-state index in [-0.39, 0.29) is 16.6 Å². The van der Waals surface area contributed by atoms with Crippen molar-refractivity contribution in [2.24, 2.45) is 5.92 Å². The van der Waals surface area contributed by atoms with Gasteiger partial charge in [-0.25, -0.2) is 13.4 Å². The van der Waals surface area contributed by atoms with Crippen LogP contribution in [0.5, 0.6) is 0 Å². The van der Waals surface area contributed by atoms with Crippen LogP contribution >= 0.6 is 11.8 Å². The van der Waals surface area contributed by atoms with Crippen LogP contribution in [0.1, 0.15) is 25.3 Å². The number of nitrogens with one attached hydrogen (secondary N) is 2. The third kappa shape index (κ3) is 4.69. The molecule has 164 valence electrons. The maximum Gasteiger partial charge on any atom is 0.263 e. The molecule has 2 N–H and O–H groups in total. The highest BCUT2D eigenvalue weighted by molar-refractivity contribution is 8.01. The van der Waals surface area contributed by atoms with Crippen molar-refractivity contribution >= 4 is 45.1 Å². The van der Waals surface area contributed by atoms with Gasteiger partial charge >= 0.3 is 0 Å². The van der Waals surface area contributed by atoms with Gasteiger partial charge in [0.05, 0.1) is 10.6 Å². The maximum absolute atomic E-state index is 12.9. The Bertz CT molecular complexity index is 1110. The van der Waals surface area contributed by atoms with E-state index < -0.39 is 21.2 Å². The van der Waals surface area contributed by atoms with Crippen LogP contribution in [0.4, 0.5) is 11.5 Å². The summed E-state index contributed by atoms with van der Waals surface area (Å²) in [6, 6.07) is 7.83. The number of nitrogens with zero attached hydrogens (tertiary/aromatic N) is 2. The van der Waals surface area contributed by atoms with Crippen molar-refractivity contribution in [3.05, 3.63) is 42.1 Å². The molecule has 10 heteroatoms. The number of amides is 2. The number of anilines is 2. The summed E-state index contributed by atoms with van der Waals surface area (Å²) in [5.74, 6) is 0.178. The number of rotatable bonds is 4. The second kappa shape index (κ2) is 8.51. The van der Waals surface area contributed by atoms with Crippen molar-refractivity contribution in [1.82, 2.24) is 9.88 Å². The van der Waals surface area contributed by atoms with Crippen LogP contribution < -0.4 is 10.0 Å². The highest BCUT2D eigenvalue weighted by Gasteiger charge is 2.37. The molecule has 0 bridgehead atoms. The molecule has 1 aromatic carbocycles. The normalized spacial score (nSPS) is 19.5. The Hall–Kier alpha value is -2.59. The molecule has 8 nitrogen and oxygen atoms in total. The molecular formula is C21H24N4O4S2. The molecule has 0 unspecified atom stereocenters. The third-order valence-corrected chi connectivity index (χ3v) is 8.09. The molecule has 1 fully saturated rings. The van der Waals surface area contributed by atoms with E-state index in [9.17, 15) is 18.0 Å². The largest absolute Gasteiger partial charge is 0.341 e. The minimum atomic E-state index is -3.88. The van der Waals surface area contributed by atoms with E-state index in [1.807, 2.05) is 6.92 Å². The fraction of sp³-hybridized carbons (Fsp3) is 0.381. The lowest BCUT2D eigenvalue weighted by molar-refractivity contribution is -0.135. The number of carbonyl (C=O) groups is 2. The van der Waals surface area contributed by atoms with Crippen molar-refractivity contribution in [3.8, 4) is 0 Å². The van der Waals surface area contributed by atoms with Crippen LogP contribution in [0.3, 0.4) is 0 Å². The molecule has 3 heterocycles. The maximum atomic E-state index is 12.9. The molecule has 2 aromatic rings. The average Bonchev–Trinajstić information content (AvgIpc) is 2.74. The summed E-state index contributed by atoms with van der Waals surface area (Å²) in [6.45, 7) is 5.34. The van der Waals surface area contributed by atoms with Crippen LogP contribution in [0.2, 0.25) is 0 Å². The molecule has 2 aliphatic rings. The smallest absolute Gasteiger partial charge is 0.263 e. The van der Waals surface area contributed by atoms with Crippen LogP contribution in [-0.4, -0.2) is 48.5 Å². The highest BCUT2D eigenvalue weighted by atomic mass is 32.2. The van der Waals surface area contributed by atoms with Crippen molar-refractivity contribution in [1.29, 1.82) is 0 Å². The van der Waals surface area contributed by atoms with E-state index in [0.29, 0.717) is 29.6 Å². The van der Waals surface area contributed by atoms with Gasteiger partial charge in [0, 0.05) is 24.2 Å². The number of carbonyl (C=O) groups excluding carboxylic acids is 2. The minimum absolute atomic E-state index is 0.00400. The van der Waals surface area contributed by atoms with Crippen LogP contribution in [0, 0.1) is 12.8 Å². The number of hydrogen-bond acceptors (Lipinski definition) is 6. The first-order valence-electron chi connectivity index (χ1n) is 10.1. The number of hydrogen-bond donors (Lipinski definition) is 2. The monoisotopic (exact) mass is 460 g/mol. The standard InChI is InChI=1S/C21H24N4O4S2/c1-13-7-9-25(10-8-13)21(27)19-20(26)23-16-11-15(4-5-17(16)30-19)31(28,29)24-18-6-3-14(2)12-22-18/h3-6,11-13,19H,7-10H2,1-2H3,(H,22,24)(H,23,26)/t19-/m1/s1. The van der Waals surface area contributed by atoms with E-state index in [1.54, 1.807) is 29.3 Å². The van der Waals surface area contributed by atoms with Gasteiger partial charge in [-0.15, -0.1) is 11.8 Å².